The number of halogens is 3. The molecule has 2 amide bonds. The number of alkyl halides is 3. The van der Waals surface area contributed by atoms with Crippen molar-refractivity contribution < 1.29 is 22.8 Å². The normalized spacial score (nSPS) is 25.3. The number of aryl methyl sites for hydroxylation is 1. The average Bonchev–Trinajstić information content (AvgIpc) is 3.17. The van der Waals surface area contributed by atoms with Gasteiger partial charge in [-0.05, 0) is 24.7 Å². The fourth-order valence-corrected chi connectivity index (χ4v) is 4.13. The van der Waals surface area contributed by atoms with Crippen LogP contribution < -0.4 is 5.32 Å². The summed E-state index contributed by atoms with van der Waals surface area (Å²) in [4.78, 5) is 32.9. The van der Waals surface area contributed by atoms with Crippen LogP contribution in [0.15, 0.2) is 6.33 Å². The second kappa shape index (κ2) is 6.83. The monoisotopic (exact) mass is 386 g/mol. The van der Waals surface area contributed by atoms with Gasteiger partial charge < -0.3 is 15.2 Å². The molecular formula is C18H25F3N4O2. The van der Waals surface area contributed by atoms with Crippen molar-refractivity contribution in [3.05, 3.63) is 17.7 Å². The third-order valence-electron chi connectivity index (χ3n) is 5.60. The number of rotatable bonds is 4. The van der Waals surface area contributed by atoms with E-state index in [4.69, 9.17) is 0 Å². The largest absolute Gasteiger partial charge is 0.395 e. The minimum absolute atomic E-state index is 0.0552. The number of aromatic amines is 1. The number of nitrogens with zero attached hydrogens (tertiary/aromatic N) is 2. The first-order valence-corrected chi connectivity index (χ1v) is 9.20. The van der Waals surface area contributed by atoms with E-state index in [2.05, 4.69) is 15.3 Å². The van der Waals surface area contributed by atoms with Gasteiger partial charge in [-0.1, -0.05) is 20.8 Å². The van der Waals surface area contributed by atoms with Gasteiger partial charge in [0.05, 0.1) is 18.3 Å². The highest BCUT2D eigenvalue weighted by atomic mass is 19.4. The fourth-order valence-electron chi connectivity index (χ4n) is 4.13. The molecule has 27 heavy (non-hydrogen) atoms. The highest BCUT2D eigenvalue weighted by molar-refractivity contribution is 5.93. The molecule has 1 aromatic rings. The molecule has 1 aliphatic heterocycles. The first-order valence-electron chi connectivity index (χ1n) is 9.20. The zero-order valence-corrected chi connectivity index (χ0v) is 15.7. The molecule has 2 fully saturated rings. The van der Waals surface area contributed by atoms with Crippen LogP contribution >= 0.6 is 0 Å². The molecule has 0 bridgehead atoms. The molecule has 1 saturated heterocycles. The summed E-state index contributed by atoms with van der Waals surface area (Å²) < 4.78 is 40.5. The second-order valence-corrected chi connectivity index (χ2v) is 8.33. The minimum atomic E-state index is -4.50. The summed E-state index contributed by atoms with van der Waals surface area (Å²) in [6.45, 7) is 5.25. The van der Waals surface area contributed by atoms with Gasteiger partial charge in [0, 0.05) is 24.7 Å². The van der Waals surface area contributed by atoms with Gasteiger partial charge in [-0.3, -0.25) is 9.59 Å². The van der Waals surface area contributed by atoms with Crippen molar-refractivity contribution >= 4 is 11.8 Å². The van der Waals surface area contributed by atoms with Crippen LogP contribution in [-0.4, -0.2) is 52.0 Å². The van der Waals surface area contributed by atoms with Crippen LogP contribution in [0.3, 0.4) is 0 Å². The molecule has 1 saturated carbocycles. The smallest absolute Gasteiger partial charge is 0.351 e. The fraction of sp³-hybridized carbons (Fsp3) is 0.722. The van der Waals surface area contributed by atoms with Gasteiger partial charge in [-0.25, -0.2) is 4.98 Å². The number of imidazole rings is 1. The Balaban J connectivity index is 1.71. The molecule has 1 aromatic heterocycles. The molecular weight excluding hydrogens is 361 g/mol. The maximum Gasteiger partial charge on any atom is 0.395 e. The van der Waals surface area contributed by atoms with Gasteiger partial charge >= 0.3 is 6.18 Å². The first-order chi connectivity index (χ1) is 12.5. The summed E-state index contributed by atoms with van der Waals surface area (Å²) in [6, 6.07) is -1.13. The molecule has 2 atom stereocenters. The maximum absolute atomic E-state index is 13.5. The third-order valence-corrected chi connectivity index (χ3v) is 5.60. The predicted octanol–water partition coefficient (Wildman–Crippen LogP) is 2.53. The Hall–Kier alpha value is -2.06. The maximum atomic E-state index is 13.5. The average molecular weight is 386 g/mol. The number of hydrogen-bond acceptors (Lipinski definition) is 3. The Labute approximate surface area is 155 Å². The lowest BCUT2D eigenvalue weighted by atomic mass is 9.64. The van der Waals surface area contributed by atoms with Crippen LogP contribution in [0.2, 0.25) is 0 Å². The molecule has 2 heterocycles. The van der Waals surface area contributed by atoms with E-state index in [1.165, 1.54) is 6.33 Å². The highest BCUT2D eigenvalue weighted by Crippen LogP contribution is 2.45. The van der Waals surface area contributed by atoms with Gasteiger partial charge in [-0.2, -0.15) is 13.2 Å². The van der Waals surface area contributed by atoms with Crippen LogP contribution in [0.1, 0.15) is 49.8 Å². The molecule has 0 unspecified atom stereocenters. The number of hydrogen-bond donors (Lipinski definition) is 2. The number of carbonyl (C=O) groups excluding carboxylic acids is 2. The van der Waals surface area contributed by atoms with Gasteiger partial charge in [0.2, 0.25) is 5.91 Å². The minimum Gasteiger partial charge on any atom is -0.351 e. The van der Waals surface area contributed by atoms with Gasteiger partial charge in [-0.15, -0.1) is 0 Å². The summed E-state index contributed by atoms with van der Waals surface area (Å²) in [7, 11) is 0. The standard InChI is InChI=1S/C18H25F3N4O2/c1-4-12-14(23-9-22-12)16(27)25-7-11(18(19,20)21)13(8-25)24-15(26)10-5-17(2,3)6-10/h9-11,13H,4-8H2,1-3H3,(H,22,23)(H,24,26)/t11-,13-/m1/s1. The van der Waals surface area contributed by atoms with E-state index >= 15 is 0 Å². The van der Waals surface area contributed by atoms with Gasteiger partial charge in [0.1, 0.15) is 5.69 Å². The van der Waals surface area contributed by atoms with E-state index in [9.17, 15) is 22.8 Å². The van der Waals surface area contributed by atoms with Crippen molar-refractivity contribution in [1.29, 1.82) is 0 Å². The van der Waals surface area contributed by atoms with Crippen molar-refractivity contribution in [3.8, 4) is 0 Å². The summed E-state index contributed by atoms with van der Waals surface area (Å²) in [5.74, 6) is -2.92. The van der Waals surface area contributed by atoms with Crippen molar-refractivity contribution in [1.82, 2.24) is 20.2 Å². The zero-order valence-electron chi connectivity index (χ0n) is 15.7. The molecule has 2 N–H and O–H groups in total. The Morgan fingerprint density at radius 2 is 2.00 bits per heavy atom. The van der Waals surface area contributed by atoms with Crippen molar-refractivity contribution in [3.63, 3.8) is 0 Å². The number of aromatic nitrogens is 2. The predicted molar refractivity (Wildman–Crippen MR) is 91.8 cm³/mol. The number of amides is 2. The second-order valence-electron chi connectivity index (χ2n) is 8.33. The Morgan fingerprint density at radius 1 is 1.33 bits per heavy atom. The number of nitrogens with one attached hydrogen (secondary N) is 2. The molecule has 6 nitrogen and oxygen atoms in total. The summed E-state index contributed by atoms with van der Waals surface area (Å²) >= 11 is 0. The molecule has 0 spiro atoms. The molecule has 2 aliphatic rings. The van der Waals surface area contributed by atoms with Crippen LogP contribution in [0.25, 0.3) is 0 Å². The van der Waals surface area contributed by atoms with E-state index in [0.717, 1.165) is 4.90 Å². The van der Waals surface area contributed by atoms with Crippen molar-refractivity contribution in [2.45, 2.75) is 52.3 Å². The van der Waals surface area contributed by atoms with Crippen LogP contribution in [-0.2, 0) is 11.2 Å². The lowest BCUT2D eigenvalue weighted by Gasteiger charge is -2.42. The SMILES string of the molecule is CCc1[nH]cnc1C(=O)N1C[C@@H](C(F)(F)F)[C@H](NC(=O)C2CC(C)(C)C2)C1. The first kappa shape index (κ1) is 19.7. The number of likely N-dealkylation sites (tertiary alicyclic amines) is 1. The zero-order chi connectivity index (χ0) is 20.0. The highest BCUT2D eigenvalue weighted by Gasteiger charge is 2.52. The van der Waals surface area contributed by atoms with E-state index in [-0.39, 0.29) is 29.5 Å². The van der Waals surface area contributed by atoms with E-state index in [0.29, 0.717) is 25.0 Å². The van der Waals surface area contributed by atoms with E-state index in [1.807, 2.05) is 20.8 Å². The molecule has 150 valence electrons. The number of H-pyrrole nitrogens is 1. The molecule has 1 aliphatic carbocycles. The van der Waals surface area contributed by atoms with Crippen molar-refractivity contribution in [2.75, 3.05) is 13.1 Å². The molecule has 3 rings (SSSR count). The topological polar surface area (TPSA) is 78.1 Å². The summed E-state index contributed by atoms with van der Waals surface area (Å²) in [6.07, 6.45) is -1.28. The van der Waals surface area contributed by atoms with Crippen molar-refractivity contribution in [2.24, 2.45) is 17.3 Å². The number of carbonyl (C=O) groups is 2. The quantitative estimate of drug-likeness (QED) is 0.835. The molecule has 0 radical (unpaired) electrons. The van der Waals surface area contributed by atoms with Gasteiger partial charge in [0.25, 0.3) is 5.91 Å². The lowest BCUT2D eigenvalue weighted by Crippen LogP contribution is -2.50. The third kappa shape index (κ3) is 3.96. The summed E-state index contributed by atoms with van der Waals surface area (Å²) in [5.41, 5.74) is 0.790. The van der Waals surface area contributed by atoms with Crippen LogP contribution in [0.4, 0.5) is 13.2 Å². The van der Waals surface area contributed by atoms with Gasteiger partial charge in [0.15, 0.2) is 0 Å². The van der Waals surface area contributed by atoms with E-state index < -0.39 is 30.6 Å². The van der Waals surface area contributed by atoms with E-state index in [1.54, 1.807) is 0 Å². The molecule has 0 aromatic carbocycles. The van der Waals surface area contributed by atoms with Crippen LogP contribution in [0.5, 0.6) is 0 Å². The Bertz CT molecular complexity index is 720. The Kier molecular flexibility index (Phi) is 4.98. The summed E-state index contributed by atoms with van der Waals surface area (Å²) in [5, 5.41) is 2.55. The van der Waals surface area contributed by atoms with Crippen LogP contribution in [0, 0.1) is 17.3 Å². The lowest BCUT2D eigenvalue weighted by molar-refractivity contribution is -0.176. The molecule has 9 heteroatoms. The Morgan fingerprint density at radius 3 is 2.56 bits per heavy atom.